The zero-order valence-corrected chi connectivity index (χ0v) is 15.1. The first-order valence-electron chi connectivity index (χ1n) is 8.22. The molecule has 1 fully saturated rings. The van der Waals surface area contributed by atoms with Crippen molar-refractivity contribution in [2.45, 2.75) is 40.2 Å². The van der Waals surface area contributed by atoms with E-state index < -0.39 is 11.9 Å². The maximum atomic E-state index is 12.3. The fraction of sp³-hybridized carbons (Fsp3) is 0.588. The molecule has 1 unspecified atom stereocenters. The van der Waals surface area contributed by atoms with Crippen molar-refractivity contribution in [2.24, 2.45) is 11.8 Å². The molecular formula is C17H24ClN3O3. The van der Waals surface area contributed by atoms with Gasteiger partial charge in [0.15, 0.2) is 0 Å². The van der Waals surface area contributed by atoms with Gasteiger partial charge in [-0.05, 0) is 31.8 Å². The summed E-state index contributed by atoms with van der Waals surface area (Å²) in [5.41, 5.74) is 1.50. The molecule has 2 heterocycles. The average Bonchev–Trinajstić information content (AvgIpc) is 2.78. The Morgan fingerprint density at radius 2 is 2.17 bits per heavy atom. The minimum absolute atomic E-state index is 0.187. The molecule has 1 saturated heterocycles. The second kappa shape index (κ2) is 7.83. The van der Waals surface area contributed by atoms with E-state index in [1.807, 2.05) is 6.92 Å². The summed E-state index contributed by atoms with van der Waals surface area (Å²) in [5, 5.41) is 14.0. The van der Waals surface area contributed by atoms with Crippen molar-refractivity contribution >= 4 is 29.6 Å². The molecular weight excluding hydrogens is 330 g/mol. The van der Waals surface area contributed by atoms with Gasteiger partial charge in [-0.1, -0.05) is 25.4 Å². The fourth-order valence-corrected chi connectivity index (χ4v) is 3.17. The Morgan fingerprint density at radius 1 is 1.46 bits per heavy atom. The Labute approximate surface area is 147 Å². The smallest absolute Gasteiger partial charge is 0.308 e. The van der Waals surface area contributed by atoms with E-state index in [2.05, 4.69) is 18.9 Å². The number of hydrogen-bond donors (Lipinski definition) is 1. The molecule has 6 nitrogen and oxygen atoms in total. The quantitative estimate of drug-likeness (QED) is 0.826. The second-order valence-electron chi connectivity index (χ2n) is 6.66. The monoisotopic (exact) mass is 353 g/mol. The van der Waals surface area contributed by atoms with Gasteiger partial charge in [-0.2, -0.15) is 5.10 Å². The first-order chi connectivity index (χ1) is 11.3. The van der Waals surface area contributed by atoms with E-state index in [9.17, 15) is 9.59 Å². The molecule has 0 saturated carbocycles. The van der Waals surface area contributed by atoms with Crippen LogP contribution in [0.3, 0.4) is 0 Å². The van der Waals surface area contributed by atoms with Crippen LogP contribution >= 0.6 is 11.6 Å². The van der Waals surface area contributed by atoms with Crippen LogP contribution in [0.15, 0.2) is 6.08 Å². The standard InChI is InChI=1S/C17H24ClN3O3/c1-11(2)9-21-16(18)14(12(3)19-21)6-7-15(22)20-8-4-5-13(10-20)17(23)24/h6-7,11,13H,4-5,8-10H2,1-3H3,(H,23,24)/b7-6+. The van der Waals surface area contributed by atoms with Crippen molar-refractivity contribution in [1.29, 1.82) is 0 Å². The zero-order valence-electron chi connectivity index (χ0n) is 14.3. The van der Waals surface area contributed by atoms with Crippen molar-refractivity contribution in [3.05, 3.63) is 22.5 Å². The molecule has 1 amide bonds. The Kier molecular flexibility index (Phi) is 6.04. The largest absolute Gasteiger partial charge is 0.481 e. The van der Waals surface area contributed by atoms with Crippen LogP contribution < -0.4 is 0 Å². The lowest BCUT2D eigenvalue weighted by Crippen LogP contribution is -2.41. The van der Waals surface area contributed by atoms with E-state index in [1.54, 1.807) is 15.7 Å². The normalized spacial score (nSPS) is 18.5. The van der Waals surface area contributed by atoms with Crippen LogP contribution in [0.25, 0.3) is 6.08 Å². The topological polar surface area (TPSA) is 75.4 Å². The molecule has 2 rings (SSSR count). The van der Waals surface area contributed by atoms with Crippen molar-refractivity contribution in [3.63, 3.8) is 0 Å². The van der Waals surface area contributed by atoms with Gasteiger partial charge >= 0.3 is 5.97 Å². The summed E-state index contributed by atoms with van der Waals surface area (Å²) in [6, 6.07) is 0. The number of aliphatic carboxylic acids is 1. The van der Waals surface area contributed by atoms with Crippen molar-refractivity contribution < 1.29 is 14.7 Å². The van der Waals surface area contributed by atoms with E-state index in [4.69, 9.17) is 16.7 Å². The fourth-order valence-electron chi connectivity index (χ4n) is 2.86. The Morgan fingerprint density at radius 3 is 2.79 bits per heavy atom. The van der Waals surface area contributed by atoms with E-state index in [-0.39, 0.29) is 12.5 Å². The molecule has 1 aliphatic heterocycles. The molecule has 7 heteroatoms. The van der Waals surface area contributed by atoms with Crippen LogP contribution in [0.4, 0.5) is 0 Å². The van der Waals surface area contributed by atoms with E-state index >= 15 is 0 Å². The maximum absolute atomic E-state index is 12.3. The van der Waals surface area contributed by atoms with Crippen molar-refractivity contribution in [3.8, 4) is 0 Å². The maximum Gasteiger partial charge on any atom is 0.308 e. The third-order valence-electron chi connectivity index (χ3n) is 4.12. The minimum atomic E-state index is -0.842. The molecule has 0 bridgehead atoms. The minimum Gasteiger partial charge on any atom is -0.481 e. The molecule has 0 radical (unpaired) electrons. The highest BCUT2D eigenvalue weighted by Gasteiger charge is 2.27. The molecule has 0 spiro atoms. The number of aryl methyl sites for hydroxylation is 1. The Balaban J connectivity index is 2.09. The lowest BCUT2D eigenvalue weighted by Gasteiger charge is -2.29. The third kappa shape index (κ3) is 4.38. The van der Waals surface area contributed by atoms with Crippen molar-refractivity contribution in [1.82, 2.24) is 14.7 Å². The van der Waals surface area contributed by atoms with Gasteiger partial charge in [0.2, 0.25) is 5.91 Å². The number of amides is 1. The molecule has 1 aliphatic rings. The molecule has 1 atom stereocenters. The van der Waals surface area contributed by atoms with Crippen LogP contribution in [-0.2, 0) is 16.1 Å². The highest BCUT2D eigenvalue weighted by atomic mass is 35.5. The number of piperidine rings is 1. The van der Waals surface area contributed by atoms with Gasteiger partial charge in [-0.25, -0.2) is 0 Å². The number of aromatic nitrogens is 2. The Hall–Kier alpha value is -1.82. The third-order valence-corrected chi connectivity index (χ3v) is 4.52. The number of carbonyl (C=O) groups excluding carboxylic acids is 1. The molecule has 1 N–H and O–H groups in total. The SMILES string of the molecule is Cc1nn(CC(C)C)c(Cl)c1/C=C/C(=O)N1CCCC(C(=O)O)C1. The number of rotatable bonds is 5. The van der Waals surface area contributed by atoms with Crippen molar-refractivity contribution in [2.75, 3.05) is 13.1 Å². The number of likely N-dealkylation sites (tertiary alicyclic amines) is 1. The van der Waals surface area contributed by atoms with Gasteiger partial charge in [0, 0.05) is 31.3 Å². The lowest BCUT2D eigenvalue weighted by molar-refractivity contribution is -0.144. The highest BCUT2D eigenvalue weighted by Crippen LogP contribution is 2.23. The summed E-state index contributed by atoms with van der Waals surface area (Å²) in [7, 11) is 0. The highest BCUT2D eigenvalue weighted by molar-refractivity contribution is 6.31. The zero-order chi connectivity index (χ0) is 17.9. The molecule has 0 aromatic carbocycles. The average molecular weight is 354 g/mol. The van der Waals surface area contributed by atoms with E-state index in [0.29, 0.717) is 37.0 Å². The van der Waals surface area contributed by atoms with E-state index in [1.165, 1.54) is 6.08 Å². The van der Waals surface area contributed by atoms with Crippen LogP contribution in [0, 0.1) is 18.8 Å². The number of halogens is 1. The number of carbonyl (C=O) groups is 2. The molecule has 1 aromatic heterocycles. The molecule has 0 aliphatic carbocycles. The summed E-state index contributed by atoms with van der Waals surface area (Å²) in [5.74, 6) is -1.09. The van der Waals surface area contributed by atoms with Crippen LogP contribution in [-0.4, -0.2) is 44.8 Å². The lowest BCUT2D eigenvalue weighted by atomic mass is 9.98. The first kappa shape index (κ1) is 18.5. The first-order valence-corrected chi connectivity index (χ1v) is 8.60. The van der Waals surface area contributed by atoms with Gasteiger partial charge in [0.05, 0.1) is 11.6 Å². The molecule has 132 valence electrons. The van der Waals surface area contributed by atoms with Crippen LogP contribution in [0.1, 0.15) is 37.9 Å². The second-order valence-corrected chi connectivity index (χ2v) is 7.02. The van der Waals surface area contributed by atoms with Gasteiger partial charge in [-0.3, -0.25) is 14.3 Å². The van der Waals surface area contributed by atoms with E-state index in [0.717, 1.165) is 11.3 Å². The summed E-state index contributed by atoms with van der Waals surface area (Å²) >= 11 is 6.35. The predicted octanol–water partition coefficient (Wildman–Crippen LogP) is 2.84. The summed E-state index contributed by atoms with van der Waals surface area (Å²) in [6.07, 6.45) is 4.46. The van der Waals surface area contributed by atoms with Gasteiger partial charge in [0.1, 0.15) is 5.15 Å². The van der Waals surface area contributed by atoms with Gasteiger partial charge < -0.3 is 10.0 Å². The number of nitrogens with zero attached hydrogens (tertiary/aromatic N) is 3. The van der Waals surface area contributed by atoms with Gasteiger partial charge in [-0.15, -0.1) is 0 Å². The summed E-state index contributed by atoms with van der Waals surface area (Å²) in [4.78, 5) is 25.0. The number of carboxylic acid groups (broad SMARTS) is 1. The van der Waals surface area contributed by atoms with Crippen LogP contribution in [0.2, 0.25) is 5.15 Å². The van der Waals surface area contributed by atoms with Crippen LogP contribution in [0.5, 0.6) is 0 Å². The Bertz CT molecular complexity index is 652. The summed E-state index contributed by atoms with van der Waals surface area (Å²) < 4.78 is 1.74. The predicted molar refractivity (Wildman–Crippen MR) is 92.8 cm³/mol. The summed E-state index contributed by atoms with van der Waals surface area (Å²) in [6.45, 7) is 7.59. The number of carboxylic acids is 1. The number of hydrogen-bond acceptors (Lipinski definition) is 3. The molecule has 1 aromatic rings. The van der Waals surface area contributed by atoms with Gasteiger partial charge in [0.25, 0.3) is 0 Å². The molecule has 24 heavy (non-hydrogen) atoms.